The molecule has 94 valence electrons. The van der Waals surface area contributed by atoms with Crippen LogP contribution in [-0.4, -0.2) is 15.1 Å². The first-order chi connectivity index (χ1) is 8.73. The molecule has 2 aromatic heterocycles. The van der Waals surface area contributed by atoms with E-state index in [-0.39, 0.29) is 0 Å². The van der Waals surface area contributed by atoms with Crippen molar-refractivity contribution in [2.75, 3.05) is 0 Å². The summed E-state index contributed by atoms with van der Waals surface area (Å²) in [7, 11) is 0. The van der Waals surface area contributed by atoms with Gasteiger partial charge in [-0.15, -0.1) is 0 Å². The van der Waals surface area contributed by atoms with Crippen molar-refractivity contribution in [1.29, 1.82) is 0 Å². The summed E-state index contributed by atoms with van der Waals surface area (Å²) < 4.78 is 5.32. The van der Waals surface area contributed by atoms with Crippen molar-refractivity contribution < 1.29 is 4.52 Å². The molecular weight excluding hydrogens is 228 g/mol. The molecule has 5 nitrogen and oxygen atoms in total. The van der Waals surface area contributed by atoms with Crippen LogP contribution in [0.25, 0.3) is 11.4 Å². The number of rotatable bonds is 3. The predicted molar refractivity (Wildman–Crippen MR) is 66.6 cm³/mol. The molecule has 0 unspecified atom stereocenters. The standard InChI is InChI=1S/C13H16N4O/c1-2-9-8-15-7-4-10(9)11-16-12(18-17-11)13(14)5-3-6-13/h4,7-8H,2-3,5-6,14H2,1H3. The summed E-state index contributed by atoms with van der Waals surface area (Å²) in [5, 5.41) is 4.05. The van der Waals surface area contributed by atoms with E-state index in [1.165, 1.54) is 0 Å². The number of pyridine rings is 1. The van der Waals surface area contributed by atoms with Gasteiger partial charge in [0.25, 0.3) is 0 Å². The topological polar surface area (TPSA) is 77.8 Å². The second-order valence-corrected chi connectivity index (χ2v) is 4.82. The lowest BCUT2D eigenvalue weighted by Gasteiger charge is -2.33. The molecule has 1 aliphatic rings. The Labute approximate surface area is 105 Å². The van der Waals surface area contributed by atoms with Crippen LogP contribution >= 0.6 is 0 Å². The molecule has 0 bridgehead atoms. The molecule has 2 aromatic rings. The quantitative estimate of drug-likeness (QED) is 0.893. The van der Waals surface area contributed by atoms with E-state index in [4.69, 9.17) is 10.3 Å². The molecule has 1 aliphatic carbocycles. The maximum Gasteiger partial charge on any atom is 0.247 e. The van der Waals surface area contributed by atoms with E-state index in [9.17, 15) is 0 Å². The molecular formula is C13H16N4O. The second-order valence-electron chi connectivity index (χ2n) is 4.82. The maximum atomic E-state index is 6.18. The Bertz CT molecular complexity index is 560. The summed E-state index contributed by atoms with van der Waals surface area (Å²) in [6.45, 7) is 2.08. The van der Waals surface area contributed by atoms with E-state index in [1.54, 1.807) is 6.20 Å². The van der Waals surface area contributed by atoms with Gasteiger partial charge in [0.2, 0.25) is 11.7 Å². The van der Waals surface area contributed by atoms with Crippen LogP contribution < -0.4 is 5.73 Å². The molecule has 18 heavy (non-hydrogen) atoms. The van der Waals surface area contributed by atoms with Crippen LogP contribution in [0, 0.1) is 0 Å². The van der Waals surface area contributed by atoms with Gasteiger partial charge in [-0.2, -0.15) is 4.98 Å². The Morgan fingerprint density at radius 3 is 2.94 bits per heavy atom. The summed E-state index contributed by atoms with van der Waals surface area (Å²) in [4.78, 5) is 8.57. The summed E-state index contributed by atoms with van der Waals surface area (Å²) in [6, 6.07) is 1.91. The third-order valence-electron chi connectivity index (χ3n) is 3.62. The summed E-state index contributed by atoms with van der Waals surface area (Å²) in [5.74, 6) is 1.17. The molecule has 0 radical (unpaired) electrons. The Morgan fingerprint density at radius 1 is 1.44 bits per heavy atom. The number of hydrogen-bond donors (Lipinski definition) is 1. The number of hydrogen-bond acceptors (Lipinski definition) is 5. The molecule has 0 aliphatic heterocycles. The summed E-state index contributed by atoms with van der Waals surface area (Å²) in [5.41, 5.74) is 7.87. The molecule has 5 heteroatoms. The summed E-state index contributed by atoms with van der Waals surface area (Å²) >= 11 is 0. The zero-order valence-corrected chi connectivity index (χ0v) is 10.4. The highest BCUT2D eigenvalue weighted by Crippen LogP contribution is 2.38. The third-order valence-corrected chi connectivity index (χ3v) is 3.62. The van der Waals surface area contributed by atoms with Crippen molar-refractivity contribution in [1.82, 2.24) is 15.1 Å². The molecule has 0 saturated heterocycles. The van der Waals surface area contributed by atoms with Gasteiger partial charge in [0.05, 0.1) is 5.54 Å². The van der Waals surface area contributed by atoms with E-state index in [2.05, 4.69) is 22.0 Å². The number of nitrogens with two attached hydrogens (primary N) is 1. The zero-order chi connectivity index (χ0) is 12.6. The van der Waals surface area contributed by atoms with Crippen molar-refractivity contribution >= 4 is 0 Å². The highest BCUT2D eigenvalue weighted by Gasteiger charge is 2.40. The van der Waals surface area contributed by atoms with Gasteiger partial charge in [0, 0.05) is 18.0 Å². The fourth-order valence-electron chi connectivity index (χ4n) is 2.23. The SMILES string of the molecule is CCc1cnccc1-c1noc(C2(N)CCC2)n1. The molecule has 2 N–H and O–H groups in total. The fraction of sp³-hybridized carbons (Fsp3) is 0.462. The van der Waals surface area contributed by atoms with E-state index >= 15 is 0 Å². The zero-order valence-electron chi connectivity index (χ0n) is 10.4. The first kappa shape index (κ1) is 11.3. The van der Waals surface area contributed by atoms with Crippen LogP contribution in [-0.2, 0) is 12.0 Å². The van der Waals surface area contributed by atoms with Crippen LogP contribution in [0.5, 0.6) is 0 Å². The largest absolute Gasteiger partial charge is 0.337 e. The third kappa shape index (κ3) is 1.71. The van der Waals surface area contributed by atoms with Crippen molar-refractivity contribution in [2.24, 2.45) is 5.73 Å². The molecule has 3 rings (SSSR count). The minimum absolute atomic E-state index is 0.398. The minimum Gasteiger partial charge on any atom is -0.337 e. The summed E-state index contributed by atoms with van der Waals surface area (Å²) in [6.07, 6.45) is 7.45. The van der Waals surface area contributed by atoms with E-state index in [0.29, 0.717) is 11.7 Å². The smallest absolute Gasteiger partial charge is 0.247 e. The Morgan fingerprint density at radius 2 is 2.28 bits per heavy atom. The number of aryl methyl sites for hydroxylation is 1. The molecule has 0 spiro atoms. The maximum absolute atomic E-state index is 6.18. The van der Waals surface area contributed by atoms with Gasteiger partial charge in [-0.25, -0.2) is 0 Å². The lowest BCUT2D eigenvalue weighted by atomic mass is 9.78. The van der Waals surface area contributed by atoms with Crippen LogP contribution in [0.1, 0.15) is 37.6 Å². The number of nitrogens with zero attached hydrogens (tertiary/aromatic N) is 3. The second kappa shape index (κ2) is 4.17. The predicted octanol–water partition coefficient (Wildman–Crippen LogP) is 2.03. The average molecular weight is 244 g/mol. The van der Waals surface area contributed by atoms with E-state index in [1.807, 2.05) is 12.3 Å². The molecule has 0 atom stereocenters. The highest BCUT2D eigenvalue weighted by molar-refractivity contribution is 5.58. The van der Waals surface area contributed by atoms with Crippen LogP contribution in [0.3, 0.4) is 0 Å². The van der Waals surface area contributed by atoms with Gasteiger partial charge >= 0.3 is 0 Å². The Balaban J connectivity index is 1.98. The lowest BCUT2D eigenvalue weighted by Crippen LogP contribution is -2.43. The van der Waals surface area contributed by atoms with Gasteiger partial charge in [-0.05, 0) is 37.3 Å². The van der Waals surface area contributed by atoms with Crippen LogP contribution in [0.15, 0.2) is 23.0 Å². The van der Waals surface area contributed by atoms with Crippen molar-refractivity contribution in [3.05, 3.63) is 29.9 Å². The fourth-order valence-corrected chi connectivity index (χ4v) is 2.23. The van der Waals surface area contributed by atoms with Crippen molar-refractivity contribution in [3.63, 3.8) is 0 Å². The lowest BCUT2D eigenvalue weighted by molar-refractivity contribution is 0.181. The minimum atomic E-state index is -0.398. The number of aromatic nitrogens is 3. The van der Waals surface area contributed by atoms with E-state index < -0.39 is 5.54 Å². The van der Waals surface area contributed by atoms with Gasteiger partial charge in [-0.3, -0.25) is 4.98 Å². The van der Waals surface area contributed by atoms with Crippen molar-refractivity contribution in [3.8, 4) is 11.4 Å². The molecule has 1 saturated carbocycles. The molecule has 0 amide bonds. The van der Waals surface area contributed by atoms with Gasteiger partial charge in [0.15, 0.2) is 0 Å². The van der Waals surface area contributed by atoms with Gasteiger partial charge in [0.1, 0.15) is 0 Å². The van der Waals surface area contributed by atoms with Gasteiger partial charge in [-0.1, -0.05) is 12.1 Å². The first-order valence-electron chi connectivity index (χ1n) is 6.29. The van der Waals surface area contributed by atoms with Crippen molar-refractivity contribution in [2.45, 2.75) is 38.1 Å². The Hall–Kier alpha value is -1.75. The normalized spacial score (nSPS) is 17.4. The molecule has 2 heterocycles. The van der Waals surface area contributed by atoms with E-state index in [0.717, 1.165) is 36.8 Å². The average Bonchev–Trinajstić information content (AvgIpc) is 2.85. The molecule has 1 fully saturated rings. The highest BCUT2D eigenvalue weighted by atomic mass is 16.5. The Kier molecular flexibility index (Phi) is 2.63. The first-order valence-corrected chi connectivity index (χ1v) is 6.29. The van der Waals surface area contributed by atoms with Gasteiger partial charge < -0.3 is 10.3 Å². The monoisotopic (exact) mass is 244 g/mol. The molecule has 0 aromatic carbocycles. The van der Waals surface area contributed by atoms with Crippen LogP contribution in [0.2, 0.25) is 0 Å². The van der Waals surface area contributed by atoms with Crippen LogP contribution in [0.4, 0.5) is 0 Å².